The van der Waals surface area contributed by atoms with E-state index in [1.54, 1.807) is 0 Å². The number of nitrogens with zero attached hydrogens (tertiary/aromatic N) is 4. The molecule has 13 heteroatoms. The Hall–Kier alpha value is -4.99. The van der Waals surface area contributed by atoms with Crippen molar-refractivity contribution < 1.29 is 36.7 Å². The van der Waals surface area contributed by atoms with Crippen molar-refractivity contribution in [1.82, 2.24) is 9.88 Å². The number of pyridine rings is 1. The van der Waals surface area contributed by atoms with E-state index in [0.29, 0.717) is 16.5 Å². The highest BCUT2D eigenvalue weighted by molar-refractivity contribution is 6.23. The van der Waals surface area contributed by atoms with E-state index in [2.05, 4.69) is 15.0 Å². The summed E-state index contributed by atoms with van der Waals surface area (Å²) in [5.41, 5.74) is -3.01. The van der Waals surface area contributed by atoms with Gasteiger partial charge in [0.15, 0.2) is 0 Å². The topological polar surface area (TPSA) is 116 Å². The third kappa shape index (κ3) is 5.15. The minimum Gasteiger partial charge on any atom is -0.465 e. The standard InChI is InChI=1S/C27H21F4N5O4/c1-26(2)24(38)36(19-8-5-15(12-32)20(11-19)27(29,30)31)25(39)35(26)14-17-4-7-18(28)10-21(17)34-22-9-6-16(13-33-22)23(37)40-3/h4-11,13H,14H2,1-3H3,(H,33,34). The number of amides is 3. The lowest BCUT2D eigenvalue weighted by Gasteiger charge is -2.28. The highest BCUT2D eigenvalue weighted by Crippen LogP contribution is 2.38. The van der Waals surface area contributed by atoms with Crippen LogP contribution in [0.15, 0.2) is 54.7 Å². The Morgan fingerprint density at radius 2 is 1.85 bits per heavy atom. The van der Waals surface area contributed by atoms with Gasteiger partial charge in [0.25, 0.3) is 5.91 Å². The first kappa shape index (κ1) is 28.0. The second-order valence-corrected chi connectivity index (χ2v) is 9.26. The number of hydrogen-bond donors (Lipinski definition) is 1. The molecule has 0 aliphatic carbocycles. The maximum atomic E-state index is 14.2. The third-order valence-corrected chi connectivity index (χ3v) is 6.36. The molecule has 0 radical (unpaired) electrons. The fourth-order valence-corrected chi connectivity index (χ4v) is 4.15. The number of alkyl halides is 3. The van der Waals surface area contributed by atoms with E-state index in [9.17, 15) is 31.9 Å². The third-order valence-electron chi connectivity index (χ3n) is 6.36. The number of imide groups is 1. The van der Waals surface area contributed by atoms with Crippen LogP contribution in [0.4, 0.5) is 39.5 Å². The van der Waals surface area contributed by atoms with Crippen LogP contribution in [0.1, 0.15) is 40.9 Å². The van der Waals surface area contributed by atoms with Crippen LogP contribution in [0.25, 0.3) is 0 Å². The molecule has 0 spiro atoms. The van der Waals surface area contributed by atoms with Crippen molar-refractivity contribution in [2.75, 3.05) is 17.3 Å². The van der Waals surface area contributed by atoms with Crippen molar-refractivity contribution in [3.8, 4) is 6.07 Å². The van der Waals surface area contributed by atoms with Gasteiger partial charge < -0.3 is 15.0 Å². The molecule has 3 amide bonds. The summed E-state index contributed by atoms with van der Waals surface area (Å²) < 4.78 is 59.4. The normalized spacial score (nSPS) is 14.8. The molecule has 0 unspecified atom stereocenters. The van der Waals surface area contributed by atoms with Crippen LogP contribution < -0.4 is 10.2 Å². The fourth-order valence-electron chi connectivity index (χ4n) is 4.15. The van der Waals surface area contributed by atoms with Crippen LogP contribution in [-0.4, -0.2) is 40.4 Å². The van der Waals surface area contributed by atoms with Crippen molar-refractivity contribution >= 4 is 35.1 Å². The van der Waals surface area contributed by atoms with E-state index in [1.165, 1.54) is 51.4 Å². The predicted molar refractivity (Wildman–Crippen MR) is 134 cm³/mol. The van der Waals surface area contributed by atoms with Gasteiger partial charge in [-0.15, -0.1) is 0 Å². The number of rotatable bonds is 6. The smallest absolute Gasteiger partial charge is 0.417 e. The van der Waals surface area contributed by atoms with Crippen molar-refractivity contribution in [2.45, 2.75) is 32.1 Å². The van der Waals surface area contributed by atoms with Gasteiger partial charge in [0.1, 0.15) is 17.2 Å². The summed E-state index contributed by atoms with van der Waals surface area (Å²) in [7, 11) is 1.22. The van der Waals surface area contributed by atoms with Gasteiger partial charge in [-0.3, -0.25) is 4.79 Å². The molecular weight excluding hydrogens is 534 g/mol. The molecule has 2 aromatic carbocycles. The van der Waals surface area contributed by atoms with Crippen molar-refractivity contribution in [3.05, 3.63) is 82.8 Å². The molecule has 0 atom stereocenters. The quantitative estimate of drug-likeness (QED) is 0.246. The molecule has 1 aromatic heterocycles. The molecular formula is C27H21F4N5O4. The predicted octanol–water partition coefficient (Wildman–Crippen LogP) is 5.39. The number of halogens is 4. The monoisotopic (exact) mass is 555 g/mol. The number of methoxy groups -OCH3 is 1. The number of anilines is 3. The Morgan fingerprint density at radius 3 is 2.45 bits per heavy atom. The van der Waals surface area contributed by atoms with Gasteiger partial charge in [0.2, 0.25) is 0 Å². The number of urea groups is 1. The lowest BCUT2D eigenvalue weighted by atomic mass is 10.0. The van der Waals surface area contributed by atoms with Crippen LogP contribution >= 0.6 is 0 Å². The van der Waals surface area contributed by atoms with Crippen LogP contribution in [0.3, 0.4) is 0 Å². The molecule has 1 aliphatic rings. The number of nitriles is 1. The van der Waals surface area contributed by atoms with Crippen LogP contribution in [0.5, 0.6) is 0 Å². The first-order chi connectivity index (χ1) is 18.8. The van der Waals surface area contributed by atoms with Gasteiger partial charge in [-0.25, -0.2) is 23.9 Å². The second kappa shape index (κ2) is 10.3. The van der Waals surface area contributed by atoms with E-state index >= 15 is 0 Å². The number of carbonyl (C=O) groups excluding carboxylic acids is 3. The molecule has 1 N–H and O–H groups in total. The molecule has 0 saturated carbocycles. The van der Waals surface area contributed by atoms with E-state index in [0.717, 1.165) is 29.2 Å². The Labute approximate surface area is 225 Å². The minimum absolute atomic E-state index is 0.187. The van der Waals surface area contributed by atoms with Gasteiger partial charge in [-0.1, -0.05) is 6.07 Å². The molecule has 4 rings (SSSR count). The maximum Gasteiger partial charge on any atom is 0.417 e. The zero-order chi connectivity index (χ0) is 29.4. The number of hydrogen-bond acceptors (Lipinski definition) is 7. The summed E-state index contributed by atoms with van der Waals surface area (Å²) in [6.45, 7) is 2.65. The summed E-state index contributed by atoms with van der Waals surface area (Å²) in [5, 5.41) is 12.0. The molecule has 1 aliphatic heterocycles. The summed E-state index contributed by atoms with van der Waals surface area (Å²) in [4.78, 5) is 44.3. The summed E-state index contributed by atoms with van der Waals surface area (Å²) >= 11 is 0. The summed E-state index contributed by atoms with van der Waals surface area (Å²) in [5.74, 6) is -1.76. The average Bonchev–Trinajstić information content (AvgIpc) is 3.08. The highest BCUT2D eigenvalue weighted by atomic mass is 19.4. The number of ether oxygens (including phenoxy) is 1. The number of nitrogens with one attached hydrogen (secondary N) is 1. The van der Waals surface area contributed by atoms with Crippen LogP contribution in [0, 0.1) is 17.1 Å². The van der Waals surface area contributed by atoms with Gasteiger partial charge in [-0.2, -0.15) is 18.4 Å². The van der Waals surface area contributed by atoms with Crippen LogP contribution in [0.2, 0.25) is 0 Å². The van der Waals surface area contributed by atoms with E-state index in [4.69, 9.17) is 5.26 Å². The molecule has 9 nitrogen and oxygen atoms in total. The Bertz CT molecular complexity index is 1550. The SMILES string of the molecule is COC(=O)c1ccc(Nc2cc(F)ccc2CN2C(=O)N(c3ccc(C#N)c(C(F)(F)F)c3)C(=O)C2(C)C)nc1. The van der Waals surface area contributed by atoms with Gasteiger partial charge in [0.05, 0.1) is 42.1 Å². The molecule has 206 valence electrons. The fraction of sp³-hybridized carbons (Fsp3) is 0.222. The highest BCUT2D eigenvalue weighted by Gasteiger charge is 2.52. The largest absolute Gasteiger partial charge is 0.465 e. The van der Waals surface area contributed by atoms with E-state index < -0.39 is 46.6 Å². The van der Waals surface area contributed by atoms with Gasteiger partial charge in [-0.05, 0) is 61.9 Å². The summed E-state index contributed by atoms with van der Waals surface area (Å²) in [6.07, 6.45) is -3.64. The van der Waals surface area contributed by atoms with Crippen molar-refractivity contribution in [1.29, 1.82) is 5.26 Å². The van der Waals surface area contributed by atoms with E-state index in [1.807, 2.05) is 0 Å². The molecule has 40 heavy (non-hydrogen) atoms. The number of benzene rings is 2. The first-order valence-corrected chi connectivity index (χ1v) is 11.6. The zero-order valence-electron chi connectivity index (χ0n) is 21.3. The van der Waals surface area contributed by atoms with Gasteiger partial charge >= 0.3 is 18.2 Å². The average molecular weight is 555 g/mol. The zero-order valence-corrected chi connectivity index (χ0v) is 21.3. The van der Waals surface area contributed by atoms with Crippen LogP contribution in [-0.2, 0) is 22.3 Å². The Balaban J connectivity index is 1.66. The number of esters is 1. The summed E-state index contributed by atoms with van der Waals surface area (Å²) in [6, 6.07) is 9.72. The lowest BCUT2D eigenvalue weighted by molar-refractivity contribution is -0.137. The van der Waals surface area contributed by atoms with Crippen molar-refractivity contribution in [2.24, 2.45) is 0 Å². The molecule has 2 heterocycles. The first-order valence-electron chi connectivity index (χ1n) is 11.6. The Kier molecular flexibility index (Phi) is 7.21. The van der Waals surface area contributed by atoms with E-state index in [-0.39, 0.29) is 29.3 Å². The number of aromatic nitrogens is 1. The molecule has 1 saturated heterocycles. The second-order valence-electron chi connectivity index (χ2n) is 9.26. The van der Waals surface area contributed by atoms with Crippen molar-refractivity contribution in [3.63, 3.8) is 0 Å². The van der Waals surface area contributed by atoms with Gasteiger partial charge in [0, 0.05) is 11.9 Å². The Morgan fingerprint density at radius 1 is 1.12 bits per heavy atom. The molecule has 3 aromatic rings. The molecule has 0 bridgehead atoms. The molecule has 1 fully saturated rings. The number of carbonyl (C=O) groups is 3. The lowest BCUT2D eigenvalue weighted by Crippen LogP contribution is -2.43. The minimum atomic E-state index is -4.89. The maximum absolute atomic E-state index is 14.2.